The van der Waals surface area contributed by atoms with Crippen LogP contribution in [0.25, 0.3) is 0 Å². The molecule has 1 aliphatic heterocycles. The topological polar surface area (TPSA) is 95.6 Å². The summed E-state index contributed by atoms with van der Waals surface area (Å²) in [7, 11) is 0. The molecular weight excluding hydrogens is 294 g/mol. The largest absolute Gasteiger partial charge is 0.342 e. The Balaban J connectivity index is 1.96. The van der Waals surface area contributed by atoms with E-state index in [2.05, 4.69) is 10.6 Å². The highest BCUT2D eigenvalue weighted by molar-refractivity contribution is 7.12. The minimum atomic E-state index is -0.672. The molecule has 1 saturated heterocycles. The Bertz CT molecular complexity index is 570. The molecule has 2 N–H and O–H groups in total. The van der Waals surface area contributed by atoms with Crippen LogP contribution in [0.4, 0.5) is 0 Å². The summed E-state index contributed by atoms with van der Waals surface area (Å²) in [6.45, 7) is 1.34. The molecule has 0 spiro atoms. The molecule has 1 aliphatic rings. The zero-order valence-electron chi connectivity index (χ0n) is 11.4. The number of rotatable bonds is 4. The maximum Gasteiger partial charge on any atom is 0.261 e. The fourth-order valence-electron chi connectivity index (χ4n) is 2.09. The van der Waals surface area contributed by atoms with E-state index in [1.54, 1.807) is 24.4 Å². The van der Waals surface area contributed by atoms with Crippen LogP contribution in [-0.2, 0) is 14.4 Å². The molecular formula is C13H15N3O4S. The van der Waals surface area contributed by atoms with Gasteiger partial charge in [-0.2, -0.15) is 0 Å². The van der Waals surface area contributed by atoms with E-state index >= 15 is 0 Å². The first-order chi connectivity index (χ1) is 10.0. The van der Waals surface area contributed by atoms with Crippen LogP contribution in [0.3, 0.4) is 0 Å². The molecule has 2 heterocycles. The second-order valence-electron chi connectivity index (χ2n) is 4.52. The summed E-state index contributed by atoms with van der Waals surface area (Å²) in [5.74, 6) is -1.79. The third kappa shape index (κ3) is 3.46. The zero-order valence-corrected chi connectivity index (χ0v) is 12.2. The van der Waals surface area contributed by atoms with Crippen LogP contribution in [0.2, 0.25) is 0 Å². The molecule has 1 unspecified atom stereocenters. The number of nitrogens with one attached hydrogen (secondary N) is 2. The molecule has 8 heteroatoms. The van der Waals surface area contributed by atoms with Gasteiger partial charge in [-0.25, -0.2) is 0 Å². The molecule has 1 aromatic heterocycles. The summed E-state index contributed by atoms with van der Waals surface area (Å²) >= 11 is 1.27. The molecule has 7 nitrogen and oxygen atoms in total. The zero-order chi connectivity index (χ0) is 15.4. The molecule has 0 saturated carbocycles. The van der Waals surface area contributed by atoms with Gasteiger partial charge in [-0.05, 0) is 17.9 Å². The second kappa shape index (κ2) is 6.49. The molecule has 1 aromatic rings. The fraction of sp³-hybridized carbons (Fsp3) is 0.385. The van der Waals surface area contributed by atoms with Gasteiger partial charge in [0.1, 0.15) is 12.6 Å². The summed E-state index contributed by atoms with van der Waals surface area (Å²) in [6.07, 6.45) is 0.406. The Morgan fingerprint density at radius 1 is 1.48 bits per heavy atom. The van der Waals surface area contributed by atoms with E-state index < -0.39 is 23.8 Å². The lowest BCUT2D eigenvalue weighted by atomic mass is 10.1. The number of hydrogen-bond donors (Lipinski definition) is 2. The van der Waals surface area contributed by atoms with E-state index in [1.807, 2.05) is 0 Å². The van der Waals surface area contributed by atoms with Crippen molar-refractivity contribution in [2.75, 3.05) is 13.1 Å². The summed E-state index contributed by atoms with van der Waals surface area (Å²) in [5, 5.41) is 6.45. The van der Waals surface area contributed by atoms with Crippen molar-refractivity contribution < 1.29 is 19.2 Å². The highest BCUT2D eigenvalue weighted by atomic mass is 32.1. The van der Waals surface area contributed by atoms with E-state index in [1.165, 1.54) is 16.2 Å². The third-order valence-electron chi connectivity index (χ3n) is 3.11. The standard InChI is InChI=1S/C13H15N3O4S/c1-2-8-12(19)15-10(17)7-16(8)11(18)6-14-13(20)9-4-3-5-21-9/h3-5,8H,2,6-7H2,1H3,(H,14,20)(H,15,17,19). The molecule has 21 heavy (non-hydrogen) atoms. The van der Waals surface area contributed by atoms with E-state index in [0.29, 0.717) is 11.3 Å². The van der Waals surface area contributed by atoms with E-state index in [0.717, 1.165) is 0 Å². The van der Waals surface area contributed by atoms with Gasteiger partial charge in [0.2, 0.25) is 17.7 Å². The maximum absolute atomic E-state index is 12.1. The first kappa shape index (κ1) is 15.2. The van der Waals surface area contributed by atoms with Gasteiger partial charge in [0.05, 0.1) is 11.4 Å². The Labute approximate surface area is 125 Å². The maximum atomic E-state index is 12.1. The van der Waals surface area contributed by atoms with Crippen molar-refractivity contribution in [2.45, 2.75) is 19.4 Å². The van der Waals surface area contributed by atoms with Crippen molar-refractivity contribution in [1.82, 2.24) is 15.5 Å². The van der Waals surface area contributed by atoms with E-state index in [-0.39, 0.29) is 19.0 Å². The summed E-state index contributed by atoms with van der Waals surface area (Å²) in [6, 6.07) is 2.72. The van der Waals surface area contributed by atoms with E-state index in [9.17, 15) is 19.2 Å². The monoisotopic (exact) mass is 309 g/mol. The summed E-state index contributed by atoms with van der Waals surface area (Å²) in [4.78, 5) is 48.6. The number of hydrogen-bond acceptors (Lipinski definition) is 5. The molecule has 112 valence electrons. The number of thiophene rings is 1. The minimum Gasteiger partial charge on any atom is -0.342 e. The van der Waals surface area contributed by atoms with Crippen LogP contribution in [0.15, 0.2) is 17.5 Å². The number of carbonyl (C=O) groups excluding carboxylic acids is 4. The van der Waals surface area contributed by atoms with Gasteiger partial charge >= 0.3 is 0 Å². The highest BCUT2D eigenvalue weighted by Crippen LogP contribution is 2.10. The number of imide groups is 1. The first-order valence-electron chi connectivity index (χ1n) is 6.47. The van der Waals surface area contributed by atoms with Crippen molar-refractivity contribution in [2.24, 2.45) is 0 Å². The normalized spacial score (nSPS) is 18.3. The van der Waals surface area contributed by atoms with Gasteiger partial charge in [-0.15, -0.1) is 11.3 Å². The average Bonchev–Trinajstić information content (AvgIpc) is 2.97. The van der Waals surface area contributed by atoms with Gasteiger partial charge in [-0.3, -0.25) is 24.5 Å². The van der Waals surface area contributed by atoms with Crippen molar-refractivity contribution in [3.05, 3.63) is 22.4 Å². The van der Waals surface area contributed by atoms with Gasteiger partial charge in [-0.1, -0.05) is 13.0 Å². The first-order valence-corrected chi connectivity index (χ1v) is 7.35. The summed E-state index contributed by atoms with van der Waals surface area (Å²) < 4.78 is 0. The number of carbonyl (C=O) groups is 4. The molecule has 1 atom stereocenters. The fourth-order valence-corrected chi connectivity index (χ4v) is 2.73. The Morgan fingerprint density at radius 3 is 2.86 bits per heavy atom. The predicted octanol–water partition coefficient (Wildman–Crippen LogP) is -0.259. The van der Waals surface area contributed by atoms with Crippen molar-refractivity contribution >= 4 is 35.0 Å². The van der Waals surface area contributed by atoms with Gasteiger partial charge in [0, 0.05) is 0 Å². The quantitative estimate of drug-likeness (QED) is 0.749. The molecule has 0 radical (unpaired) electrons. The van der Waals surface area contributed by atoms with Gasteiger partial charge < -0.3 is 10.2 Å². The molecule has 0 aromatic carbocycles. The third-order valence-corrected chi connectivity index (χ3v) is 3.98. The number of nitrogens with zero attached hydrogens (tertiary/aromatic N) is 1. The lowest BCUT2D eigenvalue weighted by Gasteiger charge is -2.33. The minimum absolute atomic E-state index is 0.169. The van der Waals surface area contributed by atoms with Crippen molar-refractivity contribution in [1.29, 1.82) is 0 Å². The molecule has 0 aliphatic carbocycles. The second-order valence-corrected chi connectivity index (χ2v) is 5.47. The van der Waals surface area contributed by atoms with Crippen molar-refractivity contribution in [3.63, 3.8) is 0 Å². The van der Waals surface area contributed by atoms with Crippen LogP contribution < -0.4 is 10.6 Å². The van der Waals surface area contributed by atoms with Crippen LogP contribution >= 0.6 is 11.3 Å². The van der Waals surface area contributed by atoms with Crippen LogP contribution in [0.1, 0.15) is 23.0 Å². The summed E-state index contributed by atoms with van der Waals surface area (Å²) in [5.41, 5.74) is 0. The molecule has 2 rings (SSSR count). The molecule has 0 bridgehead atoms. The van der Waals surface area contributed by atoms with Gasteiger partial charge in [0.25, 0.3) is 5.91 Å². The van der Waals surface area contributed by atoms with Crippen LogP contribution in [-0.4, -0.2) is 47.7 Å². The highest BCUT2D eigenvalue weighted by Gasteiger charge is 2.35. The van der Waals surface area contributed by atoms with Gasteiger partial charge in [0.15, 0.2) is 0 Å². The SMILES string of the molecule is CCC1C(=O)NC(=O)CN1C(=O)CNC(=O)c1cccs1. The molecule has 1 fully saturated rings. The smallest absolute Gasteiger partial charge is 0.261 e. The Hall–Kier alpha value is -2.22. The van der Waals surface area contributed by atoms with Crippen LogP contribution in [0.5, 0.6) is 0 Å². The van der Waals surface area contributed by atoms with Crippen molar-refractivity contribution in [3.8, 4) is 0 Å². The Kier molecular flexibility index (Phi) is 4.69. The number of piperazine rings is 1. The molecule has 4 amide bonds. The average molecular weight is 309 g/mol. The lowest BCUT2D eigenvalue weighted by Crippen LogP contribution is -2.60. The Morgan fingerprint density at radius 2 is 2.24 bits per heavy atom. The van der Waals surface area contributed by atoms with Crippen LogP contribution in [0, 0.1) is 0 Å². The number of amides is 4. The lowest BCUT2D eigenvalue weighted by molar-refractivity contribution is -0.149. The predicted molar refractivity (Wildman–Crippen MR) is 75.6 cm³/mol. The van der Waals surface area contributed by atoms with E-state index in [4.69, 9.17) is 0 Å².